The third-order valence-corrected chi connectivity index (χ3v) is 6.21. The number of carbonyl (C=O) groups is 3. The molecule has 0 bridgehead atoms. The van der Waals surface area contributed by atoms with Crippen molar-refractivity contribution < 1.29 is 19.1 Å². The fourth-order valence-electron chi connectivity index (χ4n) is 3.89. The lowest BCUT2D eigenvalue weighted by Crippen LogP contribution is -2.48. The van der Waals surface area contributed by atoms with Gasteiger partial charge >= 0.3 is 0 Å². The van der Waals surface area contributed by atoms with Gasteiger partial charge in [-0.2, -0.15) is 5.10 Å². The zero-order chi connectivity index (χ0) is 25.5. The first-order valence-electron chi connectivity index (χ1n) is 11.9. The molecule has 3 rings (SSSR count). The van der Waals surface area contributed by atoms with E-state index < -0.39 is 0 Å². The molecule has 1 aromatic heterocycles. The van der Waals surface area contributed by atoms with Gasteiger partial charge in [-0.15, -0.1) is 0 Å². The zero-order valence-corrected chi connectivity index (χ0v) is 21.5. The van der Waals surface area contributed by atoms with Gasteiger partial charge in [0.2, 0.25) is 11.8 Å². The van der Waals surface area contributed by atoms with E-state index in [0.717, 1.165) is 11.4 Å². The van der Waals surface area contributed by atoms with Gasteiger partial charge in [0.25, 0.3) is 5.91 Å². The molecule has 35 heavy (non-hydrogen) atoms. The molecule has 0 fully saturated rings. The molecule has 2 N–H and O–H groups in total. The maximum Gasteiger partial charge on any atom is 0.255 e. The van der Waals surface area contributed by atoms with Crippen LogP contribution in [0.25, 0.3) is 0 Å². The van der Waals surface area contributed by atoms with Crippen LogP contribution in [0.3, 0.4) is 0 Å². The normalized spacial score (nSPS) is 18.1. The van der Waals surface area contributed by atoms with Crippen molar-refractivity contribution in [2.45, 2.75) is 53.1 Å². The number of carbonyl (C=O) groups excluding carboxylic acids is 3. The maximum atomic E-state index is 13.1. The van der Waals surface area contributed by atoms with E-state index in [9.17, 15) is 14.4 Å². The van der Waals surface area contributed by atoms with Crippen molar-refractivity contribution in [3.63, 3.8) is 0 Å². The maximum absolute atomic E-state index is 13.1. The van der Waals surface area contributed by atoms with Crippen molar-refractivity contribution in [1.82, 2.24) is 25.3 Å². The van der Waals surface area contributed by atoms with Gasteiger partial charge in [0, 0.05) is 23.8 Å². The summed E-state index contributed by atoms with van der Waals surface area (Å²) in [6.45, 7) is 8.72. The van der Waals surface area contributed by atoms with Crippen LogP contribution in [-0.2, 0) is 16.1 Å². The molecule has 2 aromatic rings. The van der Waals surface area contributed by atoms with E-state index in [0.29, 0.717) is 42.3 Å². The molecule has 0 radical (unpaired) electrons. The van der Waals surface area contributed by atoms with Crippen LogP contribution in [0.2, 0.25) is 5.02 Å². The van der Waals surface area contributed by atoms with Crippen LogP contribution in [0.1, 0.15) is 48.4 Å². The molecule has 9 nitrogen and oxygen atoms in total. The summed E-state index contributed by atoms with van der Waals surface area (Å²) in [5.74, 6) is -0.241. The van der Waals surface area contributed by atoms with Gasteiger partial charge in [-0.05, 0) is 56.9 Å². The van der Waals surface area contributed by atoms with Crippen LogP contribution in [0.5, 0.6) is 5.75 Å². The quantitative estimate of drug-likeness (QED) is 0.670. The highest BCUT2D eigenvalue weighted by Gasteiger charge is 2.23. The first-order valence-corrected chi connectivity index (χ1v) is 12.3. The van der Waals surface area contributed by atoms with Crippen molar-refractivity contribution >= 4 is 29.3 Å². The van der Waals surface area contributed by atoms with Gasteiger partial charge in [0.05, 0.1) is 23.8 Å². The Kier molecular flexibility index (Phi) is 9.14. The van der Waals surface area contributed by atoms with Crippen LogP contribution < -0.4 is 15.4 Å². The Balaban J connectivity index is 1.78. The lowest BCUT2D eigenvalue weighted by molar-refractivity contribution is -0.137. The summed E-state index contributed by atoms with van der Waals surface area (Å²) in [5, 5.41) is 10.7. The van der Waals surface area contributed by atoms with Crippen LogP contribution in [0.4, 0.5) is 0 Å². The average molecular weight is 504 g/mol. The molecule has 10 heteroatoms. The Morgan fingerprint density at radius 3 is 2.69 bits per heavy atom. The van der Waals surface area contributed by atoms with Crippen molar-refractivity contribution in [1.29, 1.82) is 0 Å². The highest BCUT2D eigenvalue weighted by molar-refractivity contribution is 6.31. The number of nitrogens with zero attached hydrogens (tertiary/aromatic N) is 3. The number of hydrogen-bond acceptors (Lipinski definition) is 5. The largest absolute Gasteiger partial charge is 0.491 e. The molecule has 0 aliphatic carbocycles. The molecule has 1 aromatic carbocycles. The van der Waals surface area contributed by atoms with Crippen molar-refractivity contribution in [3.05, 3.63) is 46.2 Å². The number of hydrogen-bond donors (Lipinski definition) is 2. The molecule has 0 spiro atoms. The predicted molar refractivity (Wildman–Crippen MR) is 134 cm³/mol. The summed E-state index contributed by atoms with van der Waals surface area (Å²) in [6, 6.07) is 6.50. The van der Waals surface area contributed by atoms with Crippen molar-refractivity contribution in [2.24, 2.45) is 5.92 Å². The topological polar surface area (TPSA) is 106 Å². The van der Waals surface area contributed by atoms with E-state index in [1.165, 1.54) is 0 Å². The summed E-state index contributed by atoms with van der Waals surface area (Å²) >= 11 is 6.11. The van der Waals surface area contributed by atoms with Crippen LogP contribution in [-0.4, -0.2) is 64.7 Å². The van der Waals surface area contributed by atoms with Gasteiger partial charge < -0.3 is 20.3 Å². The molecule has 3 amide bonds. The van der Waals surface area contributed by atoms with E-state index in [2.05, 4.69) is 15.7 Å². The number of nitrogens with one attached hydrogen (secondary N) is 2. The minimum atomic E-state index is -0.313. The second kappa shape index (κ2) is 12.1. The lowest BCUT2D eigenvalue weighted by Gasteiger charge is -2.26. The fraction of sp³-hybridized carbons (Fsp3) is 0.520. The zero-order valence-electron chi connectivity index (χ0n) is 20.8. The molecule has 1 atom stereocenters. The minimum absolute atomic E-state index is 0.0556. The number of fused-ring (bicyclic) bond motifs is 1. The Morgan fingerprint density at radius 1 is 1.23 bits per heavy atom. The van der Waals surface area contributed by atoms with E-state index in [-0.39, 0.29) is 49.4 Å². The highest BCUT2D eigenvalue weighted by atomic mass is 35.5. The summed E-state index contributed by atoms with van der Waals surface area (Å²) in [5.41, 5.74) is 2.07. The highest BCUT2D eigenvalue weighted by Crippen LogP contribution is 2.23. The number of amides is 3. The summed E-state index contributed by atoms with van der Waals surface area (Å²) in [7, 11) is 0. The van der Waals surface area contributed by atoms with Crippen LogP contribution in [0, 0.1) is 19.8 Å². The summed E-state index contributed by atoms with van der Waals surface area (Å²) in [4.78, 5) is 40.4. The van der Waals surface area contributed by atoms with Gasteiger partial charge in [-0.25, -0.2) is 0 Å². The monoisotopic (exact) mass is 503 g/mol. The number of benzene rings is 1. The van der Waals surface area contributed by atoms with Gasteiger partial charge in [-0.3, -0.25) is 19.1 Å². The van der Waals surface area contributed by atoms with E-state index in [4.69, 9.17) is 16.3 Å². The molecule has 0 saturated carbocycles. The summed E-state index contributed by atoms with van der Waals surface area (Å²) in [6.07, 6.45) is 1.27. The van der Waals surface area contributed by atoms with E-state index in [1.807, 2.05) is 33.8 Å². The Bertz CT molecular complexity index is 1070. The van der Waals surface area contributed by atoms with Gasteiger partial charge in [0.15, 0.2) is 0 Å². The molecular weight excluding hydrogens is 470 g/mol. The molecule has 0 unspecified atom stereocenters. The minimum Gasteiger partial charge on any atom is -0.491 e. The molecular formula is C25H34ClN5O4. The smallest absolute Gasteiger partial charge is 0.255 e. The Morgan fingerprint density at radius 2 is 2.00 bits per heavy atom. The average Bonchev–Trinajstić information content (AvgIpc) is 3.11. The first-order chi connectivity index (χ1) is 16.6. The Hall–Kier alpha value is -3.07. The Labute approximate surface area is 211 Å². The summed E-state index contributed by atoms with van der Waals surface area (Å²) < 4.78 is 7.61. The first kappa shape index (κ1) is 26.5. The van der Waals surface area contributed by atoms with Crippen LogP contribution >= 0.6 is 11.6 Å². The van der Waals surface area contributed by atoms with E-state index in [1.54, 1.807) is 27.8 Å². The standard InChI is InChI=1S/C25H34ClN5O4/c1-16(2)21-15-35-22-8-7-19(26)12-20(22)25(34)27-9-5-6-10-30(13-23(32)28-21)24(33)14-31-18(4)11-17(3)29-31/h7-8,11-12,16,21H,5-6,9-10,13-15H2,1-4H3,(H,27,34)(H,28,32)/t21-/m0/s1. The van der Waals surface area contributed by atoms with Gasteiger partial charge in [0.1, 0.15) is 18.9 Å². The van der Waals surface area contributed by atoms with Crippen LogP contribution in [0.15, 0.2) is 24.3 Å². The fourth-order valence-corrected chi connectivity index (χ4v) is 4.06. The number of aryl methyl sites for hydroxylation is 2. The number of halogens is 1. The second-order valence-corrected chi connectivity index (χ2v) is 9.67. The van der Waals surface area contributed by atoms with Crippen molar-refractivity contribution in [3.8, 4) is 5.75 Å². The van der Waals surface area contributed by atoms with Crippen molar-refractivity contribution in [2.75, 3.05) is 26.2 Å². The third kappa shape index (κ3) is 7.45. The third-order valence-electron chi connectivity index (χ3n) is 5.97. The predicted octanol–water partition coefficient (Wildman–Crippen LogP) is 2.73. The van der Waals surface area contributed by atoms with Gasteiger partial charge in [-0.1, -0.05) is 25.4 Å². The molecule has 2 heterocycles. The lowest BCUT2D eigenvalue weighted by atomic mass is 10.1. The SMILES string of the molecule is Cc1cc(C)n(CC(=O)N2CCCCNC(=O)c3cc(Cl)ccc3OC[C@@H](C(C)C)NC(=O)C2)n1. The number of rotatable bonds is 3. The molecule has 1 aliphatic rings. The second-order valence-electron chi connectivity index (χ2n) is 9.23. The van der Waals surface area contributed by atoms with E-state index >= 15 is 0 Å². The molecule has 1 aliphatic heterocycles. The molecule has 190 valence electrons. The molecule has 0 saturated heterocycles. The number of ether oxygens (including phenoxy) is 1. The number of aromatic nitrogens is 2.